The van der Waals surface area contributed by atoms with E-state index < -0.39 is 0 Å². The van der Waals surface area contributed by atoms with Crippen molar-refractivity contribution in [3.8, 4) is 27.9 Å². The molecule has 1 aliphatic rings. The van der Waals surface area contributed by atoms with Crippen molar-refractivity contribution in [1.29, 1.82) is 0 Å². The van der Waals surface area contributed by atoms with Crippen molar-refractivity contribution in [1.82, 2.24) is 4.57 Å². The number of hydrogen-bond acceptors (Lipinski definition) is 2. The molecule has 3 heterocycles. The molecular formula is C45H29N3O. The summed E-state index contributed by atoms with van der Waals surface area (Å²) < 4.78 is 8.83. The molecule has 2 aromatic heterocycles. The Morgan fingerprint density at radius 3 is 2.08 bits per heavy atom. The van der Waals surface area contributed by atoms with Crippen LogP contribution in [0.2, 0.25) is 0 Å². The summed E-state index contributed by atoms with van der Waals surface area (Å²) in [6.45, 7) is 9.23. The topological polar surface area (TPSA) is 25.7 Å². The van der Waals surface area contributed by atoms with Crippen LogP contribution in [0.4, 0.5) is 11.4 Å². The summed E-state index contributed by atoms with van der Waals surface area (Å²) in [4.78, 5) is 6.20. The Hall–Kier alpha value is -6.57. The summed E-state index contributed by atoms with van der Waals surface area (Å²) in [5, 5.41) is 4.51. The molecule has 0 N–H and O–H groups in total. The Bertz CT molecular complexity index is 2800. The Labute approximate surface area is 283 Å². The van der Waals surface area contributed by atoms with Gasteiger partial charge < -0.3 is 13.9 Å². The molecule has 0 radical (unpaired) electrons. The van der Waals surface area contributed by atoms with Gasteiger partial charge in [-0.1, -0.05) is 97.1 Å². The average Bonchev–Trinajstić information content (AvgIpc) is 3.65. The lowest BCUT2D eigenvalue weighted by molar-refractivity contribution is 0.670. The van der Waals surface area contributed by atoms with Crippen LogP contribution in [0.5, 0.6) is 0 Å². The van der Waals surface area contributed by atoms with E-state index in [-0.39, 0.29) is 0 Å². The van der Waals surface area contributed by atoms with Gasteiger partial charge in [-0.05, 0) is 87.8 Å². The minimum atomic E-state index is 0.652. The molecule has 7 aromatic carbocycles. The number of benzene rings is 7. The minimum Gasteiger partial charge on any atom is -0.455 e. The van der Waals surface area contributed by atoms with Gasteiger partial charge >= 0.3 is 0 Å². The van der Waals surface area contributed by atoms with Gasteiger partial charge in [0.05, 0.1) is 17.6 Å². The van der Waals surface area contributed by atoms with E-state index in [2.05, 4.69) is 142 Å². The lowest BCUT2D eigenvalue weighted by Gasteiger charge is -2.24. The third-order valence-corrected chi connectivity index (χ3v) is 10.1. The monoisotopic (exact) mass is 627 g/mol. The molecule has 0 saturated heterocycles. The second kappa shape index (κ2) is 10.7. The first-order valence-electron chi connectivity index (χ1n) is 16.6. The first-order valence-corrected chi connectivity index (χ1v) is 16.6. The van der Waals surface area contributed by atoms with Crippen LogP contribution in [0.3, 0.4) is 0 Å². The van der Waals surface area contributed by atoms with E-state index in [1.807, 2.05) is 24.3 Å². The predicted octanol–water partition coefficient (Wildman–Crippen LogP) is 12.1. The van der Waals surface area contributed by atoms with Crippen LogP contribution in [-0.4, -0.2) is 4.57 Å². The highest BCUT2D eigenvalue weighted by atomic mass is 16.3. The quantitative estimate of drug-likeness (QED) is 0.182. The molecule has 0 amide bonds. The molecule has 0 aliphatic carbocycles. The van der Waals surface area contributed by atoms with Crippen LogP contribution in [-0.2, 0) is 13.1 Å². The van der Waals surface area contributed by atoms with Crippen LogP contribution in [0, 0.1) is 6.57 Å². The minimum absolute atomic E-state index is 0.652. The molecule has 0 unspecified atom stereocenters. The number of nitrogens with zero attached hydrogens (tertiary/aromatic N) is 3. The van der Waals surface area contributed by atoms with Crippen molar-refractivity contribution in [3.63, 3.8) is 0 Å². The summed E-state index contributed by atoms with van der Waals surface area (Å²) in [5.41, 5.74) is 14.3. The van der Waals surface area contributed by atoms with Crippen LogP contribution in [0.1, 0.15) is 11.1 Å². The fourth-order valence-electron chi connectivity index (χ4n) is 7.80. The van der Waals surface area contributed by atoms with E-state index >= 15 is 0 Å². The number of para-hydroxylation sites is 4. The molecule has 0 atom stereocenters. The molecule has 0 spiro atoms. The van der Waals surface area contributed by atoms with Gasteiger partial charge in [0.2, 0.25) is 0 Å². The molecule has 230 valence electrons. The van der Waals surface area contributed by atoms with Crippen LogP contribution in [0.25, 0.3) is 76.5 Å². The summed E-state index contributed by atoms with van der Waals surface area (Å²) in [7, 11) is 0. The van der Waals surface area contributed by atoms with Gasteiger partial charge in [-0.2, -0.15) is 0 Å². The van der Waals surface area contributed by atoms with Crippen LogP contribution in [0.15, 0.2) is 156 Å². The van der Waals surface area contributed by atoms with Crippen LogP contribution >= 0.6 is 0 Å². The Kier molecular flexibility index (Phi) is 6.03. The maximum Gasteiger partial charge on any atom is 0.188 e. The van der Waals surface area contributed by atoms with Gasteiger partial charge in [0.15, 0.2) is 5.69 Å². The molecule has 4 nitrogen and oxygen atoms in total. The SMILES string of the molecule is [C-]#[N+]c1ccc2c(c1)c1ccccc1n2-c1ccc2c(c1)-c1cc(-c3cccc4c3oc3ccccc34)ccc1CN(c1ccccc1)C2. The van der Waals surface area contributed by atoms with E-state index in [1.54, 1.807) is 0 Å². The van der Waals surface area contributed by atoms with Gasteiger partial charge in [0.1, 0.15) is 11.2 Å². The zero-order valence-corrected chi connectivity index (χ0v) is 26.6. The van der Waals surface area contributed by atoms with E-state index in [1.165, 1.54) is 27.9 Å². The summed E-state index contributed by atoms with van der Waals surface area (Å²) >= 11 is 0. The van der Waals surface area contributed by atoms with Gasteiger partial charge in [-0.25, -0.2) is 4.85 Å². The molecular weight excluding hydrogens is 599 g/mol. The van der Waals surface area contributed by atoms with E-state index in [0.717, 1.165) is 73.6 Å². The maximum absolute atomic E-state index is 7.63. The van der Waals surface area contributed by atoms with Crippen LogP contribution < -0.4 is 4.90 Å². The molecule has 10 rings (SSSR count). The Morgan fingerprint density at radius 1 is 0.510 bits per heavy atom. The number of anilines is 1. The van der Waals surface area contributed by atoms with Crippen molar-refractivity contribution in [2.24, 2.45) is 0 Å². The first-order chi connectivity index (χ1) is 24.2. The molecule has 0 bridgehead atoms. The second-order valence-electron chi connectivity index (χ2n) is 12.9. The molecule has 4 heteroatoms. The zero-order valence-electron chi connectivity index (χ0n) is 26.6. The Balaban J connectivity index is 1.21. The van der Waals surface area contributed by atoms with Crippen molar-refractivity contribution < 1.29 is 4.42 Å². The standard InChI is InChI=1S/C45H29N3O/c1-46-32-21-23-43-41(25-32)36-12-5-7-16-42(36)48(43)34-22-20-31-28-47(33-10-3-2-4-11-33)27-30-19-18-29(24-39(30)40(31)26-34)35-14-9-15-38-37-13-6-8-17-44(37)49-45(35)38/h2-26H,27-28H2. The average molecular weight is 628 g/mol. The third-order valence-electron chi connectivity index (χ3n) is 10.1. The van der Waals surface area contributed by atoms with Crippen molar-refractivity contribution in [3.05, 3.63) is 174 Å². The zero-order chi connectivity index (χ0) is 32.5. The molecule has 49 heavy (non-hydrogen) atoms. The van der Waals surface area contributed by atoms with Crippen molar-refractivity contribution in [2.75, 3.05) is 4.90 Å². The fraction of sp³-hybridized carbons (Fsp3) is 0.0444. The highest BCUT2D eigenvalue weighted by Crippen LogP contribution is 2.42. The maximum atomic E-state index is 7.63. The highest BCUT2D eigenvalue weighted by molar-refractivity contribution is 6.11. The molecule has 0 fully saturated rings. The van der Waals surface area contributed by atoms with Gasteiger partial charge in [0.25, 0.3) is 0 Å². The highest BCUT2D eigenvalue weighted by Gasteiger charge is 2.23. The third kappa shape index (κ3) is 4.30. The van der Waals surface area contributed by atoms with E-state index in [0.29, 0.717) is 5.69 Å². The summed E-state index contributed by atoms with van der Waals surface area (Å²) in [5.74, 6) is 0. The van der Waals surface area contributed by atoms with Gasteiger partial charge in [0, 0.05) is 46.2 Å². The molecule has 0 saturated carbocycles. The van der Waals surface area contributed by atoms with Gasteiger partial charge in [-0.3, -0.25) is 0 Å². The number of furan rings is 1. The Morgan fingerprint density at radius 2 is 1.22 bits per heavy atom. The van der Waals surface area contributed by atoms with Crippen molar-refractivity contribution >= 4 is 55.1 Å². The second-order valence-corrected chi connectivity index (χ2v) is 12.9. The van der Waals surface area contributed by atoms with Gasteiger partial charge in [-0.15, -0.1) is 0 Å². The molecule has 1 aliphatic heterocycles. The lowest BCUT2D eigenvalue weighted by atomic mass is 9.92. The largest absolute Gasteiger partial charge is 0.455 e. The van der Waals surface area contributed by atoms with E-state index in [4.69, 9.17) is 11.0 Å². The normalized spacial score (nSPS) is 12.7. The van der Waals surface area contributed by atoms with Crippen molar-refractivity contribution in [2.45, 2.75) is 13.1 Å². The predicted molar refractivity (Wildman–Crippen MR) is 202 cm³/mol. The number of rotatable bonds is 3. The summed E-state index contributed by atoms with van der Waals surface area (Å²) in [6, 6.07) is 53.8. The molecule has 9 aromatic rings. The number of aromatic nitrogens is 1. The fourth-order valence-corrected chi connectivity index (χ4v) is 7.80. The summed E-state index contributed by atoms with van der Waals surface area (Å²) in [6.07, 6.45) is 0. The van der Waals surface area contributed by atoms with E-state index in [9.17, 15) is 0 Å². The number of fused-ring (bicyclic) bond motifs is 9. The number of hydrogen-bond donors (Lipinski definition) is 0. The first kappa shape index (κ1) is 27.5. The smallest absolute Gasteiger partial charge is 0.188 e. The lowest BCUT2D eigenvalue weighted by Crippen LogP contribution is -2.20.